The summed E-state index contributed by atoms with van der Waals surface area (Å²) in [6.07, 6.45) is 1.88. The molecule has 0 aromatic carbocycles. The number of nitrogens with zero attached hydrogens (tertiary/aromatic N) is 3. The molecule has 6 heteroatoms. The van der Waals surface area contributed by atoms with Crippen LogP contribution in [0.3, 0.4) is 0 Å². The van der Waals surface area contributed by atoms with Gasteiger partial charge in [-0.05, 0) is 42.2 Å². The molecule has 0 radical (unpaired) electrons. The van der Waals surface area contributed by atoms with Crippen molar-refractivity contribution >= 4 is 23.6 Å². The SMILES string of the molecule is Cc1ccc(Cn2c(-c3cccs3)n[nH]c2=S)cn1. The molecular formula is C13H12N4S2. The van der Waals surface area contributed by atoms with Crippen LogP contribution in [0.15, 0.2) is 35.8 Å². The Bertz CT molecular complexity index is 723. The molecule has 0 bridgehead atoms. The van der Waals surface area contributed by atoms with Gasteiger partial charge in [0.15, 0.2) is 10.6 Å². The highest BCUT2D eigenvalue weighted by Gasteiger charge is 2.10. The minimum atomic E-state index is 0.629. The Morgan fingerprint density at radius 2 is 2.26 bits per heavy atom. The molecule has 0 aliphatic carbocycles. The summed E-state index contributed by atoms with van der Waals surface area (Å²) < 4.78 is 2.62. The fourth-order valence-electron chi connectivity index (χ4n) is 1.83. The van der Waals surface area contributed by atoms with Crippen LogP contribution >= 0.6 is 23.6 Å². The van der Waals surface area contributed by atoms with Crippen LogP contribution in [0, 0.1) is 11.7 Å². The highest BCUT2D eigenvalue weighted by Crippen LogP contribution is 2.23. The predicted octanol–water partition coefficient (Wildman–Crippen LogP) is 3.42. The predicted molar refractivity (Wildman–Crippen MR) is 78.8 cm³/mol. The maximum atomic E-state index is 5.30. The molecule has 1 N–H and O–H groups in total. The number of aryl methyl sites for hydroxylation is 1. The second kappa shape index (κ2) is 5.07. The zero-order valence-electron chi connectivity index (χ0n) is 10.3. The van der Waals surface area contributed by atoms with E-state index in [0.29, 0.717) is 11.3 Å². The summed E-state index contributed by atoms with van der Waals surface area (Å²) in [4.78, 5) is 5.41. The van der Waals surface area contributed by atoms with Crippen molar-refractivity contribution in [2.45, 2.75) is 13.5 Å². The Morgan fingerprint density at radius 1 is 1.37 bits per heavy atom. The molecule has 19 heavy (non-hydrogen) atoms. The van der Waals surface area contributed by atoms with Crippen molar-refractivity contribution in [1.29, 1.82) is 0 Å². The molecule has 4 nitrogen and oxygen atoms in total. The zero-order valence-corrected chi connectivity index (χ0v) is 12.0. The number of H-pyrrole nitrogens is 1. The number of aromatic nitrogens is 4. The standard InChI is InChI=1S/C13H12N4S2/c1-9-4-5-10(7-14-9)8-17-12(15-16-13(17)18)11-3-2-6-19-11/h2-7H,8H2,1H3,(H,16,18). The number of pyridine rings is 1. The number of hydrogen-bond donors (Lipinski definition) is 1. The van der Waals surface area contributed by atoms with E-state index in [4.69, 9.17) is 12.2 Å². The molecule has 0 fully saturated rings. The van der Waals surface area contributed by atoms with E-state index in [1.807, 2.05) is 41.3 Å². The lowest BCUT2D eigenvalue weighted by atomic mass is 10.2. The van der Waals surface area contributed by atoms with E-state index in [0.717, 1.165) is 22.0 Å². The zero-order chi connectivity index (χ0) is 13.2. The molecule has 0 atom stereocenters. The fourth-order valence-corrected chi connectivity index (χ4v) is 2.75. The number of aromatic amines is 1. The van der Waals surface area contributed by atoms with Gasteiger partial charge in [-0.2, -0.15) is 5.10 Å². The van der Waals surface area contributed by atoms with Crippen LogP contribution in [0.4, 0.5) is 0 Å². The quantitative estimate of drug-likeness (QED) is 0.751. The van der Waals surface area contributed by atoms with Gasteiger partial charge in [0.05, 0.1) is 11.4 Å². The average Bonchev–Trinajstić information content (AvgIpc) is 3.03. The Labute approximate surface area is 119 Å². The van der Waals surface area contributed by atoms with Gasteiger partial charge in [-0.1, -0.05) is 12.1 Å². The van der Waals surface area contributed by atoms with Crippen LogP contribution in [0.5, 0.6) is 0 Å². The maximum absolute atomic E-state index is 5.30. The summed E-state index contributed by atoms with van der Waals surface area (Å²) in [5.74, 6) is 0.876. The molecule has 0 spiro atoms. The minimum Gasteiger partial charge on any atom is -0.295 e. The highest BCUT2D eigenvalue weighted by molar-refractivity contribution is 7.71. The first-order valence-electron chi connectivity index (χ1n) is 5.84. The first kappa shape index (κ1) is 12.3. The summed E-state index contributed by atoms with van der Waals surface area (Å²) in [5.41, 5.74) is 2.12. The molecule has 0 saturated carbocycles. The van der Waals surface area contributed by atoms with E-state index in [1.165, 1.54) is 0 Å². The van der Waals surface area contributed by atoms with Crippen LogP contribution in [0.1, 0.15) is 11.3 Å². The third-order valence-corrected chi connectivity index (χ3v) is 3.99. The molecule has 96 valence electrons. The second-order valence-corrected chi connectivity index (χ2v) is 5.56. The lowest BCUT2D eigenvalue weighted by molar-refractivity contribution is 0.787. The van der Waals surface area contributed by atoms with E-state index in [-0.39, 0.29) is 0 Å². The molecule has 3 rings (SSSR count). The molecule has 0 aliphatic rings. The van der Waals surface area contributed by atoms with E-state index >= 15 is 0 Å². The molecule has 3 aromatic heterocycles. The van der Waals surface area contributed by atoms with Gasteiger partial charge in [0, 0.05) is 11.9 Å². The van der Waals surface area contributed by atoms with E-state index in [9.17, 15) is 0 Å². The summed E-state index contributed by atoms with van der Waals surface area (Å²) >= 11 is 6.95. The Balaban J connectivity index is 1.99. The van der Waals surface area contributed by atoms with Crippen LogP contribution < -0.4 is 0 Å². The third-order valence-electron chi connectivity index (χ3n) is 2.81. The van der Waals surface area contributed by atoms with Gasteiger partial charge in [-0.25, -0.2) is 0 Å². The van der Waals surface area contributed by atoms with Crippen molar-refractivity contribution in [3.05, 3.63) is 51.9 Å². The summed E-state index contributed by atoms with van der Waals surface area (Å²) in [5, 5.41) is 9.20. The van der Waals surface area contributed by atoms with Crippen molar-refractivity contribution in [3.63, 3.8) is 0 Å². The maximum Gasteiger partial charge on any atom is 0.195 e. The molecule has 0 saturated heterocycles. The molecular weight excluding hydrogens is 276 g/mol. The Hall–Kier alpha value is -1.79. The van der Waals surface area contributed by atoms with Gasteiger partial charge in [0.2, 0.25) is 0 Å². The van der Waals surface area contributed by atoms with Crippen molar-refractivity contribution in [1.82, 2.24) is 19.7 Å². The van der Waals surface area contributed by atoms with Gasteiger partial charge < -0.3 is 0 Å². The van der Waals surface area contributed by atoms with Crippen LogP contribution in [0.25, 0.3) is 10.7 Å². The third kappa shape index (κ3) is 2.50. The average molecular weight is 288 g/mol. The van der Waals surface area contributed by atoms with Crippen molar-refractivity contribution in [2.24, 2.45) is 0 Å². The topological polar surface area (TPSA) is 46.5 Å². The molecule has 0 amide bonds. The Kier molecular flexibility index (Phi) is 3.27. The molecule has 3 aromatic rings. The molecule has 0 unspecified atom stereocenters. The van der Waals surface area contributed by atoms with Crippen molar-refractivity contribution in [2.75, 3.05) is 0 Å². The lowest BCUT2D eigenvalue weighted by Gasteiger charge is -2.05. The largest absolute Gasteiger partial charge is 0.295 e. The highest BCUT2D eigenvalue weighted by atomic mass is 32.1. The summed E-state index contributed by atoms with van der Waals surface area (Å²) in [7, 11) is 0. The van der Waals surface area contributed by atoms with Gasteiger partial charge >= 0.3 is 0 Å². The van der Waals surface area contributed by atoms with Crippen LogP contribution in [0.2, 0.25) is 0 Å². The van der Waals surface area contributed by atoms with Crippen LogP contribution in [-0.2, 0) is 6.54 Å². The fraction of sp³-hybridized carbons (Fsp3) is 0.154. The first-order valence-corrected chi connectivity index (χ1v) is 7.13. The monoisotopic (exact) mass is 288 g/mol. The number of rotatable bonds is 3. The van der Waals surface area contributed by atoms with E-state index in [1.54, 1.807) is 11.3 Å². The van der Waals surface area contributed by atoms with Gasteiger partial charge in [0.25, 0.3) is 0 Å². The number of nitrogens with one attached hydrogen (secondary N) is 1. The van der Waals surface area contributed by atoms with Gasteiger partial charge in [0.1, 0.15) is 0 Å². The molecule has 3 heterocycles. The van der Waals surface area contributed by atoms with Gasteiger partial charge in [-0.15, -0.1) is 11.3 Å². The minimum absolute atomic E-state index is 0.629. The lowest BCUT2D eigenvalue weighted by Crippen LogP contribution is -2.02. The normalized spacial score (nSPS) is 10.8. The molecule has 0 aliphatic heterocycles. The number of thiophene rings is 1. The van der Waals surface area contributed by atoms with Crippen LogP contribution in [-0.4, -0.2) is 19.7 Å². The van der Waals surface area contributed by atoms with Crippen molar-refractivity contribution < 1.29 is 0 Å². The first-order chi connectivity index (χ1) is 9.24. The summed E-state index contributed by atoms with van der Waals surface area (Å²) in [6, 6.07) is 8.12. The summed E-state index contributed by atoms with van der Waals surface area (Å²) in [6.45, 7) is 2.65. The smallest absolute Gasteiger partial charge is 0.195 e. The second-order valence-electron chi connectivity index (χ2n) is 4.22. The van der Waals surface area contributed by atoms with Gasteiger partial charge in [-0.3, -0.25) is 14.6 Å². The van der Waals surface area contributed by atoms with E-state index < -0.39 is 0 Å². The number of hydrogen-bond acceptors (Lipinski definition) is 4. The van der Waals surface area contributed by atoms with Crippen molar-refractivity contribution in [3.8, 4) is 10.7 Å². The van der Waals surface area contributed by atoms with E-state index in [2.05, 4.69) is 21.2 Å². The Morgan fingerprint density at radius 3 is 2.95 bits per heavy atom.